The van der Waals surface area contributed by atoms with Gasteiger partial charge in [-0.1, -0.05) is 39.7 Å². The highest BCUT2D eigenvalue weighted by atomic mass is 79.9. The monoisotopic (exact) mass is 523 g/mol. The van der Waals surface area contributed by atoms with Crippen LogP contribution in [0.25, 0.3) is 6.08 Å². The molecule has 3 rings (SSSR count). The van der Waals surface area contributed by atoms with Crippen LogP contribution in [0.3, 0.4) is 0 Å². The highest BCUT2D eigenvalue weighted by molar-refractivity contribution is 9.10. The van der Waals surface area contributed by atoms with Crippen molar-refractivity contribution in [3.63, 3.8) is 0 Å². The number of ether oxygens (including phenoxy) is 2. The summed E-state index contributed by atoms with van der Waals surface area (Å²) in [6, 6.07) is 12.7. The maximum Gasteiger partial charge on any atom is 0.326 e. The molecular formula is C22H19BrClNO5S. The molecule has 0 atom stereocenters. The molecule has 31 heavy (non-hydrogen) atoms. The minimum Gasteiger partial charge on any atom is -0.488 e. The van der Waals surface area contributed by atoms with Crippen molar-refractivity contribution in [3.05, 3.63) is 68.0 Å². The summed E-state index contributed by atoms with van der Waals surface area (Å²) in [5.41, 5.74) is 1.56. The molecule has 0 bridgehead atoms. The Hall–Kier alpha value is -2.29. The van der Waals surface area contributed by atoms with E-state index in [1.165, 1.54) is 0 Å². The number of halogens is 2. The molecule has 6 nitrogen and oxygen atoms in total. The zero-order valence-corrected chi connectivity index (χ0v) is 19.9. The lowest BCUT2D eigenvalue weighted by molar-refractivity contribution is -0.149. The molecule has 2 amide bonds. The van der Waals surface area contributed by atoms with Crippen LogP contribution in [0.5, 0.6) is 5.75 Å². The zero-order chi connectivity index (χ0) is 22.5. The predicted molar refractivity (Wildman–Crippen MR) is 124 cm³/mol. The number of thioether (sulfide) groups is 1. The smallest absolute Gasteiger partial charge is 0.326 e. The third kappa shape index (κ3) is 6.35. The molecule has 2 aromatic carbocycles. The van der Waals surface area contributed by atoms with Gasteiger partial charge < -0.3 is 9.47 Å². The van der Waals surface area contributed by atoms with Gasteiger partial charge in [0.15, 0.2) is 0 Å². The fourth-order valence-corrected chi connectivity index (χ4v) is 4.05. The van der Waals surface area contributed by atoms with Crippen LogP contribution in [0.4, 0.5) is 4.79 Å². The molecule has 0 saturated carbocycles. The number of esters is 1. The summed E-state index contributed by atoms with van der Waals surface area (Å²) in [6.07, 6.45) is 1.26. The number of rotatable bonds is 7. The Morgan fingerprint density at radius 1 is 1.19 bits per heavy atom. The van der Waals surface area contributed by atoms with E-state index in [4.69, 9.17) is 21.1 Å². The molecular weight excluding hydrogens is 506 g/mol. The molecule has 1 heterocycles. The minimum atomic E-state index is -0.631. The average Bonchev–Trinajstić information content (AvgIpc) is 2.95. The predicted octanol–water partition coefficient (Wildman–Crippen LogP) is 5.67. The van der Waals surface area contributed by atoms with Crippen LogP contribution >= 0.6 is 39.3 Å². The highest BCUT2D eigenvalue weighted by Crippen LogP contribution is 2.35. The molecule has 0 radical (unpaired) electrons. The third-order valence-electron chi connectivity index (χ3n) is 4.09. The van der Waals surface area contributed by atoms with E-state index >= 15 is 0 Å². The largest absolute Gasteiger partial charge is 0.488 e. The Kier molecular flexibility index (Phi) is 7.80. The molecule has 9 heteroatoms. The number of benzene rings is 2. The fourth-order valence-electron chi connectivity index (χ4n) is 2.71. The first-order chi connectivity index (χ1) is 14.7. The third-order valence-corrected chi connectivity index (χ3v) is 5.75. The van der Waals surface area contributed by atoms with Gasteiger partial charge in [0.05, 0.1) is 11.0 Å². The van der Waals surface area contributed by atoms with Crippen molar-refractivity contribution < 1.29 is 23.9 Å². The number of nitrogens with zero attached hydrogens (tertiary/aromatic N) is 1. The van der Waals surface area contributed by atoms with E-state index in [-0.39, 0.29) is 11.0 Å². The number of carbonyl (C=O) groups excluding carboxylic acids is 3. The second kappa shape index (κ2) is 10.3. The van der Waals surface area contributed by atoms with E-state index in [1.54, 1.807) is 44.2 Å². The highest BCUT2D eigenvalue weighted by Gasteiger charge is 2.37. The standard InChI is InChI=1S/C22H19BrClNO5S/c1-13(2)30-20(26)11-25-21(27)19(31-22(25)28)10-15-9-16(23)5-8-18(15)29-12-14-3-6-17(24)7-4-14/h3-10,13H,11-12H2,1-2H3/b19-10+. The van der Waals surface area contributed by atoms with Crippen molar-refractivity contribution in [3.8, 4) is 5.75 Å². The number of amides is 2. The Balaban J connectivity index is 1.78. The quantitative estimate of drug-likeness (QED) is 0.343. The molecule has 1 aliphatic heterocycles. The number of imide groups is 1. The van der Waals surface area contributed by atoms with Crippen LogP contribution in [0.2, 0.25) is 5.02 Å². The Morgan fingerprint density at radius 3 is 2.58 bits per heavy atom. The summed E-state index contributed by atoms with van der Waals surface area (Å²) < 4.78 is 11.7. The van der Waals surface area contributed by atoms with E-state index in [1.807, 2.05) is 18.2 Å². The lowest BCUT2D eigenvalue weighted by atomic mass is 10.1. The van der Waals surface area contributed by atoms with Gasteiger partial charge in [0, 0.05) is 15.1 Å². The van der Waals surface area contributed by atoms with Crippen molar-refractivity contribution in [2.45, 2.75) is 26.6 Å². The maximum atomic E-state index is 12.7. The lowest BCUT2D eigenvalue weighted by Gasteiger charge is -2.13. The van der Waals surface area contributed by atoms with Crippen molar-refractivity contribution in [2.75, 3.05) is 6.54 Å². The first-order valence-corrected chi connectivity index (χ1v) is 11.3. The van der Waals surface area contributed by atoms with Gasteiger partial charge in [-0.3, -0.25) is 19.3 Å². The molecule has 1 fully saturated rings. The van der Waals surface area contributed by atoms with E-state index in [0.29, 0.717) is 22.9 Å². The van der Waals surface area contributed by atoms with Gasteiger partial charge in [-0.2, -0.15) is 0 Å². The van der Waals surface area contributed by atoms with E-state index in [0.717, 1.165) is 26.7 Å². The van der Waals surface area contributed by atoms with Gasteiger partial charge in [-0.25, -0.2) is 0 Å². The molecule has 0 unspecified atom stereocenters. The van der Waals surface area contributed by atoms with Crippen molar-refractivity contribution in [1.29, 1.82) is 0 Å². The number of hydrogen-bond donors (Lipinski definition) is 0. The van der Waals surface area contributed by atoms with Crippen LogP contribution in [-0.2, 0) is 20.9 Å². The fraction of sp³-hybridized carbons (Fsp3) is 0.227. The molecule has 2 aromatic rings. The first-order valence-electron chi connectivity index (χ1n) is 9.34. The Bertz CT molecular complexity index is 1040. The average molecular weight is 525 g/mol. The van der Waals surface area contributed by atoms with Crippen LogP contribution < -0.4 is 4.74 Å². The van der Waals surface area contributed by atoms with Gasteiger partial charge in [-0.15, -0.1) is 0 Å². The molecule has 162 valence electrons. The van der Waals surface area contributed by atoms with Crippen LogP contribution in [0.1, 0.15) is 25.0 Å². The lowest BCUT2D eigenvalue weighted by Crippen LogP contribution is -2.35. The van der Waals surface area contributed by atoms with Gasteiger partial charge in [0.2, 0.25) is 0 Å². The Labute approximate surface area is 197 Å². The molecule has 1 saturated heterocycles. The summed E-state index contributed by atoms with van der Waals surface area (Å²) in [5, 5.41) is 0.122. The van der Waals surface area contributed by atoms with E-state index in [2.05, 4.69) is 15.9 Å². The number of carbonyl (C=O) groups is 3. The van der Waals surface area contributed by atoms with Crippen molar-refractivity contribution >= 4 is 62.5 Å². The molecule has 1 aliphatic rings. The topological polar surface area (TPSA) is 72.9 Å². The second-order valence-electron chi connectivity index (χ2n) is 6.90. The minimum absolute atomic E-state index is 0.205. The van der Waals surface area contributed by atoms with Crippen molar-refractivity contribution in [1.82, 2.24) is 4.90 Å². The zero-order valence-electron chi connectivity index (χ0n) is 16.8. The van der Waals surface area contributed by atoms with Gasteiger partial charge in [0.25, 0.3) is 11.1 Å². The van der Waals surface area contributed by atoms with Gasteiger partial charge in [0.1, 0.15) is 18.9 Å². The van der Waals surface area contributed by atoms with Crippen LogP contribution in [-0.4, -0.2) is 34.7 Å². The molecule has 0 N–H and O–H groups in total. The summed E-state index contributed by atoms with van der Waals surface area (Å²) in [7, 11) is 0. The van der Waals surface area contributed by atoms with Crippen LogP contribution in [0, 0.1) is 0 Å². The SMILES string of the molecule is CC(C)OC(=O)CN1C(=O)S/C(=C/c2cc(Br)ccc2OCc2ccc(Cl)cc2)C1=O. The molecule has 0 spiro atoms. The Morgan fingerprint density at radius 2 is 1.90 bits per heavy atom. The maximum absolute atomic E-state index is 12.7. The summed E-state index contributed by atoms with van der Waals surface area (Å²) >= 11 is 10.1. The molecule has 0 aliphatic carbocycles. The summed E-state index contributed by atoms with van der Waals surface area (Å²) in [6.45, 7) is 3.29. The van der Waals surface area contributed by atoms with E-state index < -0.39 is 23.7 Å². The number of hydrogen-bond acceptors (Lipinski definition) is 6. The normalized spacial score (nSPS) is 15.1. The van der Waals surface area contributed by atoms with Gasteiger partial charge in [-0.05, 0) is 67.6 Å². The van der Waals surface area contributed by atoms with Crippen LogP contribution in [0.15, 0.2) is 51.8 Å². The summed E-state index contributed by atoms with van der Waals surface area (Å²) in [4.78, 5) is 37.9. The summed E-state index contributed by atoms with van der Waals surface area (Å²) in [5.74, 6) is -0.628. The molecule has 0 aromatic heterocycles. The second-order valence-corrected chi connectivity index (χ2v) is 9.25. The first kappa shape index (κ1) is 23.4. The van der Waals surface area contributed by atoms with E-state index in [9.17, 15) is 14.4 Å². The van der Waals surface area contributed by atoms with Crippen molar-refractivity contribution in [2.24, 2.45) is 0 Å². The van der Waals surface area contributed by atoms with Gasteiger partial charge >= 0.3 is 5.97 Å².